The molecule has 1 N–H and O–H groups in total. The predicted octanol–water partition coefficient (Wildman–Crippen LogP) is 4.92. The fraction of sp³-hybridized carbons (Fsp3) is 0.176. The lowest BCUT2D eigenvalue weighted by Crippen LogP contribution is -2.20. The highest BCUT2D eigenvalue weighted by Crippen LogP contribution is 2.31. The number of pyridine rings is 1. The van der Waals surface area contributed by atoms with E-state index in [9.17, 15) is 22.0 Å². The lowest BCUT2D eigenvalue weighted by atomic mass is 10.1. The van der Waals surface area contributed by atoms with Crippen molar-refractivity contribution in [2.75, 3.05) is 5.32 Å². The quantitative estimate of drug-likeness (QED) is 0.529. The van der Waals surface area contributed by atoms with Crippen molar-refractivity contribution in [1.29, 1.82) is 5.26 Å². The molecule has 134 valence electrons. The zero-order chi connectivity index (χ0) is 19.1. The lowest BCUT2D eigenvalue weighted by molar-refractivity contribution is -0.0999. The molecule has 0 unspecified atom stereocenters. The highest BCUT2D eigenvalue weighted by molar-refractivity contribution is 5.70. The third kappa shape index (κ3) is 3.44. The number of aromatic nitrogens is 2. The van der Waals surface area contributed by atoms with Gasteiger partial charge in [0.15, 0.2) is 11.5 Å². The summed E-state index contributed by atoms with van der Waals surface area (Å²) in [6.45, 7) is 0.674. The van der Waals surface area contributed by atoms with Crippen LogP contribution in [0.1, 0.15) is 18.4 Å². The molecule has 0 spiro atoms. The van der Waals surface area contributed by atoms with Crippen molar-refractivity contribution in [2.24, 2.45) is 0 Å². The smallest absolute Gasteiger partial charge is 0.298 e. The van der Waals surface area contributed by atoms with Crippen LogP contribution in [0.4, 0.5) is 27.6 Å². The van der Waals surface area contributed by atoms with Crippen LogP contribution >= 0.6 is 0 Å². The largest absolute Gasteiger partial charge is 0.482 e. The highest BCUT2D eigenvalue weighted by atomic mass is 19.4. The first kappa shape index (κ1) is 17.7. The average Bonchev–Trinajstić information content (AvgIpc) is 2.92. The number of hydrogen-bond donors (Lipinski definition) is 1. The first-order valence-electron chi connectivity index (χ1n) is 7.34. The van der Waals surface area contributed by atoms with Gasteiger partial charge in [0, 0.05) is 18.8 Å². The van der Waals surface area contributed by atoms with E-state index in [2.05, 4.69) is 4.98 Å². The van der Waals surface area contributed by atoms with Crippen LogP contribution in [0.5, 0.6) is 0 Å². The van der Waals surface area contributed by atoms with Gasteiger partial charge in [-0.25, -0.2) is 4.98 Å². The zero-order valence-corrected chi connectivity index (χ0v) is 13.3. The molecule has 0 aliphatic heterocycles. The first-order chi connectivity index (χ1) is 12.1. The van der Waals surface area contributed by atoms with Crippen LogP contribution in [0.15, 0.2) is 42.6 Å². The summed E-state index contributed by atoms with van der Waals surface area (Å²) in [7, 11) is 0. The molecule has 0 saturated heterocycles. The maximum Gasteiger partial charge on any atom is 0.482 e. The highest BCUT2D eigenvalue weighted by Gasteiger charge is 2.31. The van der Waals surface area contributed by atoms with Crippen LogP contribution in [0.2, 0.25) is 0 Å². The lowest BCUT2D eigenvalue weighted by Gasteiger charge is -2.12. The number of nitrogens with one attached hydrogen (secondary N) is 1. The Labute approximate surface area is 144 Å². The summed E-state index contributed by atoms with van der Waals surface area (Å²) in [6, 6.07) is 10.2. The molecule has 3 rings (SSSR count). The minimum Gasteiger partial charge on any atom is -0.298 e. The van der Waals surface area contributed by atoms with E-state index in [0.717, 1.165) is 4.40 Å². The van der Waals surface area contributed by atoms with Gasteiger partial charge < -0.3 is 0 Å². The summed E-state index contributed by atoms with van der Waals surface area (Å²) in [4.78, 5) is 3.69. The number of hydrogen-bond acceptors (Lipinski definition) is 3. The van der Waals surface area contributed by atoms with Crippen LogP contribution in [0.25, 0.3) is 16.6 Å². The molecule has 0 bridgehead atoms. The summed E-state index contributed by atoms with van der Waals surface area (Å²) < 4.78 is 65.6. The number of anilines is 1. The number of nitriles is 1. The molecule has 26 heavy (non-hydrogen) atoms. The molecule has 0 saturated carbocycles. The molecular formula is C17H11F5N4. The molecule has 1 aromatic carbocycles. The van der Waals surface area contributed by atoms with Gasteiger partial charge in [0.1, 0.15) is 6.07 Å². The van der Waals surface area contributed by atoms with E-state index in [-0.39, 0.29) is 16.9 Å². The topological polar surface area (TPSA) is 53.1 Å². The molecular weight excluding hydrogens is 355 g/mol. The van der Waals surface area contributed by atoms with Crippen molar-refractivity contribution in [3.63, 3.8) is 0 Å². The number of benzene rings is 1. The summed E-state index contributed by atoms with van der Waals surface area (Å²) in [5.74, 6) is -3.85. The van der Waals surface area contributed by atoms with Crippen molar-refractivity contribution in [2.45, 2.75) is 19.1 Å². The number of nitrogens with zero attached hydrogens (tertiary/aromatic N) is 3. The normalized spacial score (nSPS) is 12.2. The average molecular weight is 366 g/mol. The molecule has 0 amide bonds. The molecule has 0 aliphatic carbocycles. The van der Waals surface area contributed by atoms with Crippen LogP contribution in [0, 0.1) is 11.3 Å². The number of imidazole rings is 1. The summed E-state index contributed by atoms with van der Waals surface area (Å²) >= 11 is 0. The van der Waals surface area contributed by atoms with Crippen molar-refractivity contribution < 1.29 is 22.0 Å². The van der Waals surface area contributed by atoms with Crippen molar-refractivity contribution in [3.05, 3.63) is 54.1 Å². The van der Waals surface area contributed by atoms with Gasteiger partial charge in [-0.2, -0.15) is 27.2 Å². The maximum absolute atomic E-state index is 13.8. The first-order valence-corrected chi connectivity index (χ1v) is 7.34. The van der Waals surface area contributed by atoms with E-state index in [1.54, 1.807) is 12.1 Å². The van der Waals surface area contributed by atoms with Gasteiger partial charge in [0.2, 0.25) is 0 Å². The second kappa shape index (κ2) is 5.98. The number of fused-ring (bicyclic) bond motifs is 1. The maximum atomic E-state index is 13.8. The molecule has 2 heterocycles. The molecule has 3 aromatic rings. The van der Waals surface area contributed by atoms with Crippen LogP contribution in [-0.4, -0.2) is 15.7 Å². The van der Waals surface area contributed by atoms with Gasteiger partial charge in [-0.1, -0.05) is 18.2 Å². The van der Waals surface area contributed by atoms with Crippen molar-refractivity contribution in [3.8, 4) is 17.2 Å². The number of alkyl halides is 5. The van der Waals surface area contributed by atoms with Gasteiger partial charge in [0.05, 0.1) is 5.52 Å². The van der Waals surface area contributed by atoms with Crippen molar-refractivity contribution >= 4 is 11.2 Å². The molecule has 9 heteroatoms. The minimum atomic E-state index is -4.55. The Hall–Kier alpha value is -3.15. The van der Waals surface area contributed by atoms with Gasteiger partial charge in [-0.05, 0) is 29.3 Å². The van der Waals surface area contributed by atoms with Gasteiger partial charge in [-0.15, -0.1) is 0 Å². The Balaban J connectivity index is 2.05. The Morgan fingerprint density at radius 2 is 1.62 bits per heavy atom. The standard InChI is InChI=1S/C17H11F5N4/c1-16(18,19)15-24-13(8-23)14-7-4-11(9-26(14)15)10-2-5-12(6-3-10)25-17(20,21)22/h2-7,9,25H,1H3. The molecule has 0 atom stereocenters. The van der Waals surface area contributed by atoms with Crippen LogP contribution in [0.3, 0.4) is 0 Å². The Morgan fingerprint density at radius 3 is 2.15 bits per heavy atom. The second-order valence-electron chi connectivity index (χ2n) is 5.66. The third-order valence-electron chi connectivity index (χ3n) is 3.64. The fourth-order valence-electron chi connectivity index (χ4n) is 2.56. The molecule has 0 aliphatic rings. The summed E-state index contributed by atoms with van der Waals surface area (Å²) in [6.07, 6.45) is -3.17. The molecule has 0 radical (unpaired) electrons. The van der Waals surface area contributed by atoms with E-state index in [1.165, 1.54) is 41.8 Å². The zero-order valence-electron chi connectivity index (χ0n) is 13.3. The van der Waals surface area contributed by atoms with E-state index >= 15 is 0 Å². The van der Waals surface area contributed by atoms with Crippen LogP contribution < -0.4 is 5.32 Å². The predicted molar refractivity (Wildman–Crippen MR) is 84.6 cm³/mol. The van der Waals surface area contributed by atoms with Gasteiger partial charge >= 0.3 is 12.2 Å². The van der Waals surface area contributed by atoms with E-state index in [4.69, 9.17) is 5.26 Å². The fourth-order valence-corrected chi connectivity index (χ4v) is 2.56. The summed E-state index contributed by atoms with van der Waals surface area (Å²) in [5.41, 5.74) is 0.971. The summed E-state index contributed by atoms with van der Waals surface area (Å²) in [5, 5.41) is 10.4. The minimum absolute atomic E-state index is 0.127. The van der Waals surface area contributed by atoms with Gasteiger partial charge in [-0.3, -0.25) is 9.72 Å². The van der Waals surface area contributed by atoms with Crippen LogP contribution in [-0.2, 0) is 5.92 Å². The monoisotopic (exact) mass is 366 g/mol. The van der Waals surface area contributed by atoms with Gasteiger partial charge in [0.25, 0.3) is 0 Å². The van der Waals surface area contributed by atoms with Crippen molar-refractivity contribution in [1.82, 2.24) is 9.38 Å². The number of rotatable bonds is 3. The van der Waals surface area contributed by atoms with E-state index in [0.29, 0.717) is 18.1 Å². The Bertz CT molecular complexity index is 991. The third-order valence-corrected chi connectivity index (χ3v) is 3.64. The molecule has 0 fully saturated rings. The van der Waals surface area contributed by atoms with E-state index < -0.39 is 18.0 Å². The Kier molecular flexibility index (Phi) is 4.06. The molecule has 2 aromatic heterocycles. The van der Waals surface area contributed by atoms with E-state index in [1.807, 2.05) is 0 Å². The SMILES string of the molecule is CC(F)(F)c1nc(C#N)c2ccc(-c3ccc(NC(F)(F)F)cc3)cn12. The number of halogens is 5. The Morgan fingerprint density at radius 1 is 1.00 bits per heavy atom. The molecule has 4 nitrogen and oxygen atoms in total. The second-order valence-corrected chi connectivity index (χ2v) is 5.66.